The van der Waals surface area contributed by atoms with Crippen molar-refractivity contribution < 1.29 is 18.0 Å². The number of fused-ring (bicyclic) bond motifs is 2. The van der Waals surface area contributed by atoms with E-state index < -0.39 is 16.1 Å². The van der Waals surface area contributed by atoms with Gasteiger partial charge in [0.15, 0.2) is 5.03 Å². The number of benzene rings is 1. The van der Waals surface area contributed by atoms with Gasteiger partial charge in [0.1, 0.15) is 11.6 Å². The molecule has 2 aromatic rings. The number of aromatic nitrogens is 2. The molecule has 0 saturated heterocycles. The van der Waals surface area contributed by atoms with Crippen LogP contribution in [-0.4, -0.2) is 30.2 Å². The molecule has 4 rings (SSSR count). The van der Waals surface area contributed by atoms with Gasteiger partial charge in [-0.3, -0.25) is 4.79 Å². The largest absolute Gasteiger partial charge is 0.333 e. The Morgan fingerprint density at radius 1 is 1.07 bits per heavy atom. The minimum atomic E-state index is -4.19. The number of ketones is 1. The number of hydrogen-bond acceptors (Lipinski definition) is 6. The van der Waals surface area contributed by atoms with Crippen molar-refractivity contribution in [3.63, 3.8) is 0 Å². The summed E-state index contributed by atoms with van der Waals surface area (Å²) in [7, 11) is -4.19. The molecule has 2 aliphatic carbocycles. The second kappa shape index (κ2) is 7.55. The summed E-state index contributed by atoms with van der Waals surface area (Å²) in [4.78, 5) is 31.6. The smallest absolute Gasteiger partial charge is 0.307 e. The average molecular weight is 414 g/mol. The first kappa shape index (κ1) is 19.5. The van der Waals surface area contributed by atoms with Crippen molar-refractivity contribution in [1.82, 2.24) is 14.7 Å². The molecule has 0 unspecified atom stereocenters. The Hall–Kier alpha value is -2.81. The maximum atomic E-state index is 12.6. The number of carbonyl (C=O) groups is 2. The van der Waals surface area contributed by atoms with E-state index in [4.69, 9.17) is 0 Å². The Bertz CT molecular complexity index is 1080. The molecule has 0 radical (unpaired) electrons. The average Bonchev–Trinajstić information content (AvgIpc) is 3.29. The van der Waals surface area contributed by atoms with Crippen LogP contribution in [-0.2, 0) is 46.9 Å². The molecule has 8 nitrogen and oxygen atoms in total. The van der Waals surface area contributed by atoms with Crippen LogP contribution in [0, 0.1) is 0 Å². The van der Waals surface area contributed by atoms with Gasteiger partial charge in [-0.05, 0) is 73.8 Å². The van der Waals surface area contributed by atoms with Crippen LogP contribution < -0.4 is 10.0 Å². The van der Waals surface area contributed by atoms with Crippen LogP contribution in [0.25, 0.3) is 0 Å². The SMILES string of the molecule is CC(=O)Cc1nccc(S(=O)(=O)NC(=O)Nc2c3c(cc4c2CCC4)CCC3)n1. The molecule has 0 fully saturated rings. The molecule has 0 aliphatic heterocycles. The van der Waals surface area contributed by atoms with Crippen molar-refractivity contribution in [1.29, 1.82) is 0 Å². The van der Waals surface area contributed by atoms with Gasteiger partial charge in [0, 0.05) is 11.9 Å². The molecule has 0 bridgehead atoms. The van der Waals surface area contributed by atoms with Gasteiger partial charge in [0.2, 0.25) is 0 Å². The highest BCUT2D eigenvalue weighted by atomic mass is 32.2. The summed E-state index contributed by atoms with van der Waals surface area (Å²) < 4.78 is 27.2. The molecule has 0 spiro atoms. The van der Waals surface area contributed by atoms with Gasteiger partial charge < -0.3 is 5.32 Å². The number of carbonyl (C=O) groups excluding carboxylic acids is 2. The van der Waals surface area contributed by atoms with Crippen molar-refractivity contribution in [2.75, 3.05) is 5.32 Å². The highest BCUT2D eigenvalue weighted by Gasteiger charge is 2.26. The van der Waals surface area contributed by atoms with E-state index in [1.54, 1.807) is 0 Å². The van der Waals surface area contributed by atoms with Gasteiger partial charge in [-0.15, -0.1) is 0 Å². The van der Waals surface area contributed by atoms with E-state index in [0.717, 1.165) is 55.3 Å². The van der Waals surface area contributed by atoms with Gasteiger partial charge in [-0.25, -0.2) is 19.5 Å². The zero-order chi connectivity index (χ0) is 20.6. The molecule has 2 N–H and O–H groups in total. The van der Waals surface area contributed by atoms with Gasteiger partial charge in [-0.1, -0.05) is 6.07 Å². The molecule has 152 valence electrons. The summed E-state index contributed by atoms with van der Waals surface area (Å²) in [6, 6.07) is 2.62. The number of hydrogen-bond donors (Lipinski definition) is 2. The van der Waals surface area contributed by atoms with Gasteiger partial charge in [-0.2, -0.15) is 8.42 Å². The maximum Gasteiger partial charge on any atom is 0.333 e. The number of urea groups is 1. The summed E-state index contributed by atoms with van der Waals surface area (Å²) in [6.07, 6.45) is 6.98. The first-order valence-corrected chi connectivity index (χ1v) is 11.1. The van der Waals surface area contributed by atoms with E-state index in [9.17, 15) is 18.0 Å². The minimum Gasteiger partial charge on any atom is -0.307 e. The first-order chi connectivity index (χ1) is 13.8. The Balaban J connectivity index is 1.56. The van der Waals surface area contributed by atoms with Gasteiger partial charge in [0.05, 0.1) is 6.42 Å². The number of aryl methyl sites for hydroxylation is 2. The monoisotopic (exact) mass is 414 g/mol. The number of anilines is 1. The summed E-state index contributed by atoms with van der Waals surface area (Å²) in [5.41, 5.74) is 5.48. The summed E-state index contributed by atoms with van der Waals surface area (Å²) in [6.45, 7) is 1.37. The van der Waals surface area contributed by atoms with Crippen LogP contribution in [0.3, 0.4) is 0 Å². The lowest BCUT2D eigenvalue weighted by Crippen LogP contribution is -2.35. The molecule has 1 aromatic heterocycles. The number of sulfonamides is 1. The number of Topliss-reactive ketones (excluding diaryl/α,β-unsaturated/α-hetero) is 1. The molecule has 1 aromatic carbocycles. The highest BCUT2D eigenvalue weighted by molar-refractivity contribution is 7.90. The van der Waals surface area contributed by atoms with E-state index in [0.29, 0.717) is 0 Å². The third kappa shape index (κ3) is 4.00. The lowest BCUT2D eigenvalue weighted by molar-refractivity contribution is -0.116. The fraction of sp³-hybridized carbons (Fsp3) is 0.400. The van der Waals surface area contributed by atoms with E-state index >= 15 is 0 Å². The molecular weight excluding hydrogens is 392 g/mol. The van der Waals surface area contributed by atoms with Gasteiger partial charge in [0.25, 0.3) is 10.0 Å². The van der Waals surface area contributed by atoms with E-state index in [2.05, 4.69) is 21.4 Å². The Kier molecular flexibility index (Phi) is 5.08. The summed E-state index contributed by atoms with van der Waals surface area (Å²) in [5.74, 6) is -0.0866. The van der Waals surface area contributed by atoms with E-state index in [1.165, 1.54) is 30.3 Å². The topological polar surface area (TPSA) is 118 Å². The third-order valence-corrected chi connectivity index (χ3v) is 6.53. The van der Waals surface area contributed by atoms with Crippen molar-refractivity contribution >= 4 is 27.5 Å². The van der Waals surface area contributed by atoms with Crippen LogP contribution in [0.15, 0.2) is 23.4 Å². The molecule has 1 heterocycles. The van der Waals surface area contributed by atoms with Crippen LogP contribution in [0.4, 0.5) is 10.5 Å². The van der Waals surface area contributed by atoms with Crippen LogP contribution in [0.1, 0.15) is 47.8 Å². The highest BCUT2D eigenvalue weighted by Crippen LogP contribution is 2.38. The fourth-order valence-corrected chi connectivity index (χ4v) is 4.98. The molecule has 0 atom stereocenters. The Morgan fingerprint density at radius 2 is 1.72 bits per heavy atom. The molecule has 2 aliphatic rings. The molecule has 29 heavy (non-hydrogen) atoms. The lowest BCUT2D eigenvalue weighted by atomic mass is 9.99. The third-order valence-electron chi connectivity index (χ3n) is 5.30. The normalized spacial score (nSPS) is 14.9. The zero-order valence-electron chi connectivity index (χ0n) is 16.1. The Morgan fingerprint density at radius 3 is 2.34 bits per heavy atom. The lowest BCUT2D eigenvalue weighted by Gasteiger charge is -2.16. The van der Waals surface area contributed by atoms with Crippen LogP contribution >= 0.6 is 0 Å². The zero-order valence-corrected chi connectivity index (χ0v) is 16.9. The standard InChI is InChI=1S/C20H22N4O4S/c1-12(25)10-17-21-9-8-18(22-17)29(27,28)24-20(26)23-19-15-6-2-4-13(15)11-14-5-3-7-16(14)19/h8-9,11H,2-7,10H2,1H3,(H2,23,24,26). The quantitative estimate of drug-likeness (QED) is 0.724. The number of nitrogens with one attached hydrogen (secondary N) is 2. The molecular formula is C20H22N4O4S. The van der Waals surface area contributed by atoms with E-state index in [1.807, 2.05) is 4.72 Å². The second-order valence-corrected chi connectivity index (χ2v) is 9.11. The summed E-state index contributed by atoms with van der Waals surface area (Å²) in [5, 5.41) is 2.44. The molecule has 9 heteroatoms. The van der Waals surface area contributed by atoms with Crippen LogP contribution in [0.2, 0.25) is 0 Å². The number of amides is 2. The van der Waals surface area contributed by atoms with Crippen LogP contribution in [0.5, 0.6) is 0 Å². The van der Waals surface area contributed by atoms with Crippen molar-refractivity contribution in [3.05, 3.63) is 46.4 Å². The number of nitrogens with zero attached hydrogens (tertiary/aromatic N) is 2. The predicted octanol–water partition coefficient (Wildman–Crippen LogP) is 2.10. The summed E-state index contributed by atoms with van der Waals surface area (Å²) >= 11 is 0. The van der Waals surface area contributed by atoms with Crippen molar-refractivity contribution in [2.24, 2.45) is 0 Å². The minimum absolute atomic E-state index is 0.0716. The van der Waals surface area contributed by atoms with Crippen molar-refractivity contribution in [3.8, 4) is 0 Å². The maximum absolute atomic E-state index is 12.6. The molecule has 0 saturated carbocycles. The predicted molar refractivity (Wildman–Crippen MR) is 106 cm³/mol. The Labute approximate surface area is 169 Å². The van der Waals surface area contributed by atoms with Gasteiger partial charge >= 0.3 is 6.03 Å². The number of rotatable bonds is 5. The molecule has 2 amide bonds. The van der Waals surface area contributed by atoms with Crippen molar-refractivity contribution in [2.45, 2.75) is 56.9 Å². The second-order valence-electron chi connectivity index (χ2n) is 7.48. The fourth-order valence-electron chi connectivity index (χ4n) is 4.12. The van der Waals surface area contributed by atoms with E-state index in [-0.39, 0.29) is 23.1 Å². The first-order valence-electron chi connectivity index (χ1n) is 9.65.